The summed E-state index contributed by atoms with van der Waals surface area (Å²) in [7, 11) is 1.62. The van der Waals surface area contributed by atoms with Crippen molar-refractivity contribution < 1.29 is 14.6 Å². The van der Waals surface area contributed by atoms with Crippen molar-refractivity contribution in [2.24, 2.45) is 0 Å². The van der Waals surface area contributed by atoms with Gasteiger partial charge < -0.3 is 14.6 Å². The first-order chi connectivity index (χ1) is 10.8. The Morgan fingerprint density at radius 1 is 0.864 bits per heavy atom. The molecule has 1 N–H and O–H groups in total. The van der Waals surface area contributed by atoms with E-state index < -0.39 is 0 Å². The third kappa shape index (κ3) is 3.04. The van der Waals surface area contributed by atoms with Gasteiger partial charge in [0.15, 0.2) is 11.5 Å². The van der Waals surface area contributed by atoms with E-state index >= 15 is 0 Å². The Labute approximate surface area is 129 Å². The number of phenolic OH excluding ortho intramolecular Hbond substituents is 1. The van der Waals surface area contributed by atoms with Crippen LogP contribution in [0.3, 0.4) is 0 Å². The normalized spacial score (nSPS) is 10.2. The lowest BCUT2D eigenvalue weighted by atomic mass is 10.1. The van der Waals surface area contributed by atoms with E-state index in [4.69, 9.17) is 9.47 Å². The molecule has 3 nitrogen and oxygen atoms in total. The first kappa shape index (κ1) is 14.0. The molecule has 109 valence electrons. The molecule has 3 rings (SSSR count). The van der Waals surface area contributed by atoms with Crippen molar-refractivity contribution in [2.75, 3.05) is 7.11 Å². The number of hydrogen-bond donors (Lipinski definition) is 1. The van der Waals surface area contributed by atoms with Crippen LogP contribution in [-0.4, -0.2) is 12.2 Å². The SMILES string of the molecule is COc1ccccc1Oc1ccc(-c2cc[c]c(O)c2)cc1. The number of rotatable bonds is 4. The highest BCUT2D eigenvalue weighted by molar-refractivity contribution is 5.65. The highest BCUT2D eigenvalue weighted by Gasteiger charge is 2.05. The Kier molecular flexibility index (Phi) is 3.97. The highest BCUT2D eigenvalue weighted by atomic mass is 16.5. The number of para-hydroxylation sites is 2. The van der Waals surface area contributed by atoms with Gasteiger partial charge in [0.2, 0.25) is 0 Å². The fourth-order valence-electron chi connectivity index (χ4n) is 2.18. The van der Waals surface area contributed by atoms with Crippen molar-refractivity contribution in [3.8, 4) is 34.1 Å². The van der Waals surface area contributed by atoms with E-state index in [-0.39, 0.29) is 5.75 Å². The average molecular weight is 291 g/mol. The fourth-order valence-corrected chi connectivity index (χ4v) is 2.18. The molecule has 0 amide bonds. The summed E-state index contributed by atoms with van der Waals surface area (Å²) in [4.78, 5) is 0. The second-order valence-corrected chi connectivity index (χ2v) is 4.74. The van der Waals surface area contributed by atoms with Crippen molar-refractivity contribution >= 4 is 0 Å². The van der Waals surface area contributed by atoms with E-state index in [1.54, 1.807) is 19.2 Å². The molecule has 0 saturated heterocycles. The molecule has 0 saturated carbocycles. The van der Waals surface area contributed by atoms with Crippen LogP contribution < -0.4 is 9.47 Å². The molecule has 3 aromatic rings. The first-order valence-corrected chi connectivity index (χ1v) is 6.88. The summed E-state index contributed by atoms with van der Waals surface area (Å²) in [5, 5.41) is 9.49. The molecule has 3 aromatic carbocycles. The molecule has 3 heteroatoms. The van der Waals surface area contributed by atoms with Crippen molar-refractivity contribution in [3.05, 3.63) is 72.8 Å². The van der Waals surface area contributed by atoms with Gasteiger partial charge in [-0.2, -0.15) is 0 Å². The van der Waals surface area contributed by atoms with Gasteiger partial charge in [0.1, 0.15) is 11.5 Å². The van der Waals surface area contributed by atoms with Crippen LogP contribution in [-0.2, 0) is 0 Å². The Morgan fingerprint density at radius 3 is 2.27 bits per heavy atom. The lowest BCUT2D eigenvalue weighted by Gasteiger charge is -2.10. The van der Waals surface area contributed by atoms with E-state index in [2.05, 4.69) is 6.07 Å². The zero-order valence-electron chi connectivity index (χ0n) is 12.1. The highest BCUT2D eigenvalue weighted by Crippen LogP contribution is 2.32. The van der Waals surface area contributed by atoms with E-state index in [0.29, 0.717) is 11.5 Å². The summed E-state index contributed by atoms with van der Waals surface area (Å²) in [6.07, 6.45) is 0. The van der Waals surface area contributed by atoms with Gasteiger partial charge in [0.25, 0.3) is 0 Å². The maximum absolute atomic E-state index is 9.49. The summed E-state index contributed by atoms with van der Waals surface area (Å²) in [5.41, 5.74) is 1.93. The van der Waals surface area contributed by atoms with Crippen molar-refractivity contribution in [2.45, 2.75) is 0 Å². The molecule has 0 unspecified atom stereocenters. The van der Waals surface area contributed by atoms with Gasteiger partial charge in [0, 0.05) is 6.07 Å². The molecule has 0 aromatic heterocycles. The molecule has 0 aliphatic rings. The lowest BCUT2D eigenvalue weighted by molar-refractivity contribution is 0.379. The van der Waals surface area contributed by atoms with Crippen LogP contribution in [0.15, 0.2) is 66.7 Å². The zero-order chi connectivity index (χ0) is 15.4. The van der Waals surface area contributed by atoms with Gasteiger partial charge in [-0.15, -0.1) is 0 Å². The number of methoxy groups -OCH3 is 1. The van der Waals surface area contributed by atoms with Gasteiger partial charge in [-0.05, 0) is 47.5 Å². The topological polar surface area (TPSA) is 38.7 Å². The summed E-state index contributed by atoms with van der Waals surface area (Å²) in [5.74, 6) is 2.21. The molecular formula is C19H15O3. The Hall–Kier alpha value is -2.94. The Balaban J connectivity index is 1.83. The van der Waals surface area contributed by atoms with E-state index in [9.17, 15) is 5.11 Å². The zero-order valence-corrected chi connectivity index (χ0v) is 12.1. The second kappa shape index (κ2) is 6.22. The van der Waals surface area contributed by atoms with Crippen LogP contribution in [0.4, 0.5) is 0 Å². The molecule has 0 atom stereocenters. The summed E-state index contributed by atoms with van der Waals surface area (Å²) < 4.78 is 11.1. The molecule has 0 bridgehead atoms. The van der Waals surface area contributed by atoms with Crippen molar-refractivity contribution in [1.29, 1.82) is 0 Å². The summed E-state index contributed by atoms with van der Waals surface area (Å²) in [6, 6.07) is 23.2. The van der Waals surface area contributed by atoms with Crippen LogP contribution >= 0.6 is 0 Å². The lowest BCUT2D eigenvalue weighted by Crippen LogP contribution is -1.89. The van der Waals surface area contributed by atoms with Gasteiger partial charge in [-0.3, -0.25) is 0 Å². The maximum Gasteiger partial charge on any atom is 0.169 e. The van der Waals surface area contributed by atoms with Gasteiger partial charge >= 0.3 is 0 Å². The minimum atomic E-state index is 0.131. The third-order valence-electron chi connectivity index (χ3n) is 3.27. The Bertz CT molecular complexity index is 764. The molecular weight excluding hydrogens is 276 g/mol. The van der Waals surface area contributed by atoms with Crippen LogP contribution in [0.5, 0.6) is 23.0 Å². The smallest absolute Gasteiger partial charge is 0.169 e. The minimum Gasteiger partial charge on any atom is -0.507 e. The predicted molar refractivity (Wildman–Crippen MR) is 85.4 cm³/mol. The molecule has 1 radical (unpaired) electrons. The Morgan fingerprint density at radius 2 is 1.59 bits per heavy atom. The average Bonchev–Trinajstić information content (AvgIpc) is 2.56. The van der Waals surface area contributed by atoms with E-state index in [0.717, 1.165) is 16.9 Å². The summed E-state index contributed by atoms with van der Waals surface area (Å²) >= 11 is 0. The van der Waals surface area contributed by atoms with E-state index in [1.165, 1.54) is 0 Å². The van der Waals surface area contributed by atoms with Gasteiger partial charge in [-0.25, -0.2) is 0 Å². The largest absolute Gasteiger partial charge is 0.507 e. The maximum atomic E-state index is 9.49. The van der Waals surface area contributed by atoms with Crippen LogP contribution in [0.2, 0.25) is 0 Å². The molecule has 0 aliphatic carbocycles. The summed E-state index contributed by atoms with van der Waals surface area (Å²) in [6.45, 7) is 0. The fraction of sp³-hybridized carbons (Fsp3) is 0.0526. The molecule has 0 heterocycles. The molecule has 0 aliphatic heterocycles. The van der Waals surface area contributed by atoms with Gasteiger partial charge in [-0.1, -0.05) is 30.3 Å². The number of phenols is 1. The predicted octanol–water partition coefficient (Wildman–Crippen LogP) is 4.66. The minimum absolute atomic E-state index is 0.131. The standard InChI is InChI=1S/C19H15O3/c1-21-18-7-2-3-8-19(18)22-17-11-9-14(10-12-17)15-5-4-6-16(20)13-15/h2-5,7-13,20H,1H3. The quantitative estimate of drug-likeness (QED) is 0.759. The third-order valence-corrected chi connectivity index (χ3v) is 3.27. The van der Waals surface area contributed by atoms with Crippen molar-refractivity contribution in [1.82, 2.24) is 0 Å². The number of aromatic hydroxyl groups is 1. The van der Waals surface area contributed by atoms with Crippen LogP contribution in [0.25, 0.3) is 11.1 Å². The van der Waals surface area contributed by atoms with Crippen LogP contribution in [0, 0.1) is 6.07 Å². The second-order valence-electron chi connectivity index (χ2n) is 4.74. The number of benzene rings is 3. The molecule has 22 heavy (non-hydrogen) atoms. The van der Waals surface area contributed by atoms with Gasteiger partial charge in [0.05, 0.1) is 7.11 Å². The molecule has 0 spiro atoms. The number of ether oxygens (including phenoxy) is 2. The first-order valence-electron chi connectivity index (χ1n) is 6.88. The van der Waals surface area contributed by atoms with Crippen molar-refractivity contribution in [3.63, 3.8) is 0 Å². The molecule has 0 fully saturated rings. The monoisotopic (exact) mass is 291 g/mol. The number of hydrogen-bond acceptors (Lipinski definition) is 3. The van der Waals surface area contributed by atoms with Crippen LogP contribution in [0.1, 0.15) is 0 Å². The van der Waals surface area contributed by atoms with E-state index in [1.807, 2.05) is 54.6 Å².